The Bertz CT molecular complexity index is 231. The van der Waals surface area contributed by atoms with E-state index in [4.69, 9.17) is 9.15 Å². The van der Waals surface area contributed by atoms with E-state index in [2.05, 4.69) is 5.32 Å². The highest BCUT2D eigenvalue weighted by Crippen LogP contribution is 2.29. The monoisotopic (exact) mass is 139 g/mol. The second kappa shape index (κ2) is 1.94. The van der Waals surface area contributed by atoms with Crippen molar-refractivity contribution in [3.63, 3.8) is 0 Å². The lowest BCUT2D eigenvalue weighted by Crippen LogP contribution is -2.26. The molecular weight excluding hydrogens is 130 g/mol. The van der Waals surface area contributed by atoms with Gasteiger partial charge in [0.2, 0.25) is 0 Å². The summed E-state index contributed by atoms with van der Waals surface area (Å²) in [6.07, 6.45) is 3.50. The van der Waals surface area contributed by atoms with Crippen molar-refractivity contribution in [2.75, 3.05) is 11.9 Å². The number of hydrogen-bond acceptors (Lipinski definition) is 3. The molecule has 0 bridgehead atoms. The van der Waals surface area contributed by atoms with Crippen LogP contribution in [0.5, 0.6) is 5.75 Å². The molecule has 2 heterocycles. The molecule has 0 spiro atoms. The molecule has 0 amide bonds. The summed E-state index contributed by atoms with van der Waals surface area (Å²) < 4.78 is 10.3. The van der Waals surface area contributed by atoms with Crippen LogP contribution in [0.1, 0.15) is 6.92 Å². The lowest BCUT2D eigenvalue weighted by molar-refractivity contribution is 0.224. The first-order valence-corrected chi connectivity index (χ1v) is 3.33. The van der Waals surface area contributed by atoms with Gasteiger partial charge >= 0.3 is 0 Å². The van der Waals surface area contributed by atoms with Crippen LogP contribution in [-0.4, -0.2) is 12.6 Å². The Balaban J connectivity index is 2.30. The zero-order valence-electron chi connectivity index (χ0n) is 5.76. The summed E-state index contributed by atoms with van der Waals surface area (Å²) in [6.45, 7) is 2.87. The average molecular weight is 139 g/mol. The molecule has 0 aromatic carbocycles. The molecule has 0 aliphatic carbocycles. The second-order valence-electron chi connectivity index (χ2n) is 2.46. The molecule has 54 valence electrons. The molecule has 1 aliphatic rings. The van der Waals surface area contributed by atoms with Crippen LogP contribution >= 0.6 is 0 Å². The van der Waals surface area contributed by atoms with Crippen molar-refractivity contribution in [2.45, 2.75) is 13.0 Å². The third-order valence-electron chi connectivity index (χ3n) is 1.53. The SMILES string of the molecule is CC1CNc2cocc2O1. The van der Waals surface area contributed by atoms with E-state index in [9.17, 15) is 0 Å². The van der Waals surface area contributed by atoms with E-state index in [1.807, 2.05) is 6.92 Å². The maximum Gasteiger partial charge on any atom is 0.181 e. The normalized spacial score (nSPS) is 22.7. The second-order valence-corrected chi connectivity index (χ2v) is 2.46. The molecule has 1 aromatic rings. The molecule has 0 radical (unpaired) electrons. The first kappa shape index (κ1) is 5.65. The minimum absolute atomic E-state index is 0.241. The Morgan fingerprint density at radius 2 is 2.50 bits per heavy atom. The van der Waals surface area contributed by atoms with Gasteiger partial charge in [0.05, 0.1) is 6.54 Å². The number of ether oxygens (including phenoxy) is 1. The van der Waals surface area contributed by atoms with Crippen LogP contribution in [-0.2, 0) is 0 Å². The van der Waals surface area contributed by atoms with Crippen molar-refractivity contribution in [1.82, 2.24) is 0 Å². The highest BCUT2D eigenvalue weighted by Gasteiger charge is 2.15. The van der Waals surface area contributed by atoms with Crippen LogP contribution in [0.3, 0.4) is 0 Å². The Labute approximate surface area is 59.0 Å². The predicted octanol–water partition coefficient (Wildman–Crippen LogP) is 1.47. The van der Waals surface area contributed by atoms with Gasteiger partial charge in [-0.2, -0.15) is 0 Å². The van der Waals surface area contributed by atoms with Crippen LogP contribution in [0.4, 0.5) is 5.69 Å². The summed E-state index contributed by atoms with van der Waals surface area (Å²) in [4.78, 5) is 0. The van der Waals surface area contributed by atoms with Crippen LogP contribution in [0.15, 0.2) is 16.9 Å². The summed E-state index contributed by atoms with van der Waals surface area (Å²) >= 11 is 0. The third kappa shape index (κ3) is 0.744. The Morgan fingerprint density at radius 1 is 1.60 bits per heavy atom. The molecule has 0 fully saturated rings. The fourth-order valence-corrected chi connectivity index (χ4v) is 1.02. The van der Waals surface area contributed by atoms with Crippen molar-refractivity contribution < 1.29 is 9.15 Å². The minimum atomic E-state index is 0.241. The van der Waals surface area contributed by atoms with Gasteiger partial charge in [-0.05, 0) is 6.92 Å². The van der Waals surface area contributed by atoms with Gasteiger partial charge in [0, 0.05) is 0 Å². The highest BCUT2D eigenvalue weighted by molar-refractivity contribution is 5.54. The smallest absolute Gasteiger partial charge is 0.181 e. The maximum absolute atomic E-state index is 5.42. The third-order valence-corrected chi connectivity index (χ3v) is 1.53. The maximum atomic E-state index is 5.42. The van der Waals surface area contributed by atoms with Gasteiger partial charge in [-0.15, -0.1) is 0 Å². The van der Waals surface area contributed by atoms with Crippen LogP contribution in [0.25, 0.3) is 0 Å². The molecule has 3 nitrogen and oxygen atoms in total. The first-order chi connectivity index (χ1) is 4.86. The van der Waals surface area contributed by atoms with E-state index in [0.29, 0.717) is 0 Å². The number of furan rings is 1. The fraction of sp³-hybridized carbons (Fsp3) is 0.429. The molecule has 2 rings (SSSR count). The summed E-state index contributed by atoms with van der Waals surface area (Å²) in [6, 6.07) is 0. The standard InChI is InChI=1S/C7H9NO2/c1-5-2-8-6-3-9-4-7(6)10-5/h3-5,8H,2H2,1H3. The van der Waals surface area contributed by atoms with Gasteiger partial charge in [0.1, 0.15) is 24.3 Å². The van der Waals surface area contributed by atoms with Crippen molar-refractivity contribution in [2.24, 2.45) is 0 Å². The quantitative estimate of drug-likeness (QED) is 0.591. The van der Waals surface area contributed by atoms with Crippen LogP contribution in [0, 0.1) is 0 Å². The van der Waals surface area contributed by atoms with Crippen molar-refractivity contribution in [3.8, 4) is 5.75 Å². The van der Waals surface area contributed by atoms with Gasteiger partial charge in [-0.3, -0.25) is 0 Å². The van der Waals surface area contributed by atoms with Gasteiger partial charge in [-0.1, -0.05) is 0 Å². The van der Waals surface area contributed by atoms with Gasteiger partial charge < -0.3 is 14.5 Å². The predicted molar refractivity (Wildman–Crippen MR) is 37.3 cm³/mol. The number of anilines is 1. The largest absolute Gasteiger partial charge is 0.483 e. The van der Waals surface area contributed by atoms with Gasteiger partial charge in [0.25, 0.3) is 0 Å². The molecule has 1 unspecified atom stereocenters. The average Bonchev–Trinajstić information content (AvgIpc) is 2.33. The van der Waals surface area contributed by atoms with E-state index < -0.39 is 0 Å². The Hall–Kier alpha value is -1.12. The summed E-state index contributed by atoms with van der Waals surface area (Å²) in [5, 5.41) is 3.17. The van der Waals surface area contributed by atoms with Crippen molar-refractivity contribution >= 4 is 5.69 Å². The topological polar surface area (TPSA) is 34.4 Å². The van der Waals surface area contributed by atoms with Gasteiger partial charge in [0.15, 0.2) is 5.75 Å². The molecule has 1 atom stereocenters. The van der Waals surface area contributed by atoms with E-state index in [1.54, 1.807) is 12.5 Å². The van der Waals surface area contributed by atoms with Gasteiger partial charge in [-0.25, -0.2) is 0 Å². The lowest BCUT2D eigenvalue weighted by Gasteiger charge is -2.20. The minimum Gasteiger partial charge on any atom is -0.483 e. The highest BCUT2D eigenvalue weighted by atomic mass is 16.5. The molecule has 0 saturated heterocycles. The zero-order chi connectivity index (χ0) is 6.97. The number of rotatable bonds is 0. The Kier molecular flexibility index (Phi) is 1.09. The number of hydrogen-bond donors (Lipinski definition) is 1. The van der Waals surface area contributed by atoms with Crippen LogP contribution < -0.4 is 10.1 Å². The Morgan fingerprint density at radius 3 is 3.40 bits per heavy atom. The number of nitrogens with one attached hydrogen (secondary N) is 1. The van der Waals surface area contributed by atoms with E-state index >= 15 is 0 Å². The van der Waals surface area contributed by atoms with Crippen LogP contribution in [0.2, 0.25) is 0 Å². The first-order valence-electron chi connectivity index (χ1n) is 3.33. The molecule has 1 aromatic heterocycles. The molecular formula is C7H9NO2. The molecule has 0 saturated carbocycles. The molecule has 10 heavy (non-hydrogen) atoms. The summed E-state index contributed by atoms with van der Waals surface area (Å²) in [5.74, 6) is 0.818. The molecule has 3 heteroatoms. The van der Waals surface area contributed by atoms with E-state index in [-0.39, 0.29) is 6.10 Å². The summed E-state index contributed by atoms with van der Waals surface area (Å²) in [7, 11) is 0. The lowest BCUT2D eigenvalue weighted by atomic mass is 10.3. The number of fused-ring (bicyclic) bond motifs is 1. The van der Waals surface area contributed by atoms with E-state index in [1.165, 1.54) is 0 Å². The fourth-order valence-electron chi connectivity index (χ4n) is 1.02. The van der Waals surface area contributed by atoms with E-state index in [0.717, 1.165) is 18.0 Å². The molecule has 1 N–H and O–H groups in total. The van der Waals surface area contributed by atoms with Crippen molar-refractivity contribution in [3.05, 3.63) is 12.5 Å². The zero-order valence-corrected chi connectivity index (χ0v) is 5.76. The van der Waals surface area contributed by atoms with Crippen molar-refractivity contribution in [1.29, 1.82) is 0 Å². The molecule has 1 aliphatic heterocycles. The summed E-state index contributed by atoms with van der Waals surface area (Å²) in [5.41, 5.74) is 0.957.